The number of aliphatic carboxylic acids is 1. The van der Waals surface area contributed by atoms with Crippen molar-refractivity contribution in [3.8, 4) is 0 Å². The molecular formula is C10H12N4O3S. The number of imidazole rings is 1. The fraction of sp³-hybridized carbons (Fsp3) is 0.400. The first kappa shape index (κ1) is 12.6. The molecule has 96 valence electrons. The van der Waals surface area contributed by atoms with Gasteiger partial charge in [-0.25, -0.2) is 4.98 Å². The molecule has 0 bridgehead atoms. The minimum Gasteiger partial charge on any atom is -0.481 e. The van der Waals surface area contributed by atoms with Crippen LogP contribution < -0.4 is 0 Å². The molecule has 2 aromatic heterocycles. The van der Waals surface area contributed by atoms with Gasteiger partial charge in [0.2, 0.25) is 5.89 Å². The van der Waals surface area contributed by atoms with E-state index in [0.717, 1.165) is 17.5 Å². The zero-order chi connectivity index (χ0) is 13.1. The van der Waals surface area contributed by atoms with Gasteiger partial charge in [-0.05, 0) is 13.8 Å². The van der Waals surface area contributed by atoms with Crippen molar-refractivity contribution in [2.24, 2.45) is 0 Å². The minimum atomic E-state index is -0.874. The molecule has 0 aliphatic rings. The predicted octanol–water partition coefficient (Wildman–Crippen LogP) is 1.11. The molecule has 0 atom stereocenters. The maximum Gasteiger partial charge on any atom is 0.313 e. The van der Waals surface area contributed by atoms with Crippen molar-refractivity contribution in [3.63, 3.8) is 0 Å². The Morgan fingerprint density at radius 1 is 1.56 bits per heavy atom. The number of carboxylic acids is 1. The maximum atomic E-state index is 10.6. The van der Waals surface area contributed by atoms with Gasteiger partial charge in [-0.3, -0.25) is 4.79 Å². The summed E-state index contributed by atoms with van der Waals surface area (Å²) in [6, 6.07) is 0. The van der Waals surface area contributed by atoms with Gasteiger partial charge in [0.05, 0.1) is 5.75 Å². The van der Waals surface area contributed by atoms with E-state index in [9.17, 15) is 4.79 Å². The first-order valence-electron chi connectivity index (χ1n) is 5.22. The van der Waals surface area contributed by atoms with Gasteiger partial charge in [0, 0.05) is 11.9 Å². The Morgan fingerprint density at radius 3 is 2.94 bits per heavy atom. The molecule has 2 rings (SSSR count). The summed E-state index contributed by atoms with van der Waals surface area (Å²) in [6.45, 7) is 4.03. The molecule has 7 nitrogen and oxygen atoms in total. The lowest BCUT2D eigenvalue weighted by atomic mass is 10.5. The van der Waals surface area contributed by atoms with Crippen LogP contribution in [0.5, 0.6) is 0 Å². The lowest BCUT2D eigenvalue weighted by Crippen LogP contribution is -2.06. The Balaban J connectivity index is 2.16. The van der Waals surface area contributed by atoms with Crippen molar-refractivity contribution < 1.29 is 14.4 Å². The molecule has 2 heterocycles. The van der Waals surface area contributed by atoms with Crippen LogP contribution >= 0.6 is 11.8 Å². The van der Waals surface area contributed by atoms with Crippen LogP contribution in [0.15, 0.2) is 15.9 Å². The predicted molar refractivity (Wildman–Crippen MR) is 63.5 cm³/mol. The summed E-state index contributed by atoms with van der Waals surface area (Å²) >= 11 is 1.16. The summed E-state index contributed by atoms with van der Waals surface area (Å²) in [5.41, 5.74) is 0.916. The summed E-state index contributed by atoms with van der Waals surface area (Å²) in [6.07, 6.45) is 1.69. The monoisotopic (exact) mass is 268 g/mol. The highest BCUT2D eigenvalue weighted by Gasteiger charge is 2.12. The number of aromatic nitrogens is 4. The van der Waals surface area contributed by atoms with Gasteiger partial charge in [0.25, 0.3) is 0 Å². The van der Waals surface area contributed by atoms with E-state index in [0.29, 0.717) is 23.4 Å². The Kier molecular flexibility index (Phi) is 3.66. The fourth-order valence-electron chi connectivity index (χ4n) is 1.41. The Hall–Kier alpha value is -1.83. The van der Waals surface area contributed by atoms with Crippen molar-refractivity contribution in [2.75, 3.05) is 5.75 Å². The molecule has 0 unspecified atom stereocenters. The molecule has 0 aliphatic carbocycles. The van der Waals surface area contributed by atoms with E-state index in [2.05, 4.69) is 15.1 Å². The number of hydrogen-bond acceptors (Lipinski definition) is 6. The molecule has 18 heavy (non-hydrogen) atoms. The Morgan fingerprint density at radius 2 is 2.33 bits per heavy atom. The Bertz CT molecular complexity index is 563. The average Bonchev–Trinajstić information content (AvgIpc) is 2.85. The van der Waals surface area contributed by atoms with E-state index < -0.39 is 5.97 Å². The van der Waals surface area contributed by atoms with Gasteiger partial charge in [0.1, 0.15) is 6.54 Å². The zero-order valence-corrected chi connectivity index (χ0v) is 10.8. The highest BCUT2D eigenvalue weighted by molar-refractivity contribution is 7.99. The molecule has 0 spiro atoms. The number of carbonyl (C=O) groups is 1. The quantitative estimate of drug-likeness (QED) is 0.811. The van der Waals surface area contributed by atoms with Gasteiger partial charge in [-0.1, -0.05) is 16.9 Å². The molecule has 1 N–H and O–H groups in total. The first-order valence-corrected chi connectivity index (χ1v) is 6.20. The van der Waals surface area contributed by atoms with Crippen LogP contribution in [-0.4, -0.2) is 36.5 Å². The van der Waals surface area contributed by atoms with E-state index in [1.165, 1.54) is 0 Å². The lowest BCUT2D eigenvalue weighted by Gasteiger charge is -2.05. The minimum absolute atomic E-state index is 0.0285. The standard InChI is InChI=1S/C10H12N4O3S/c1-6-3-11-10(18-5-9(15)16)14(6)4-8-12-7(2)13-17-8/h3H,4-5H2,1-2H3,(H,15,16). The topological polar surface area (TPSA) is 94.0 Å². The van der Waals surface area contributed by atoms with Crippen LogP contribution in [0.1, 0.15) is 17.4 Å². The highest BCUT2D eigenvalue weighted by Crippen LogP contribution is 2.19. The van der Waals surface area contributed by atoms with Gasteiger partial charge >= 0.3 is 5.97 Å². The summed E-state index contributed by atoms with van der Waals surface area (Å²) in [7, 11) is 0. The number of hydrogen-bond donors (Lipinski definition) is 1. The smallest absolute Gasteiger partial charge is 0.313 e. The maximum absolute atomic E-state index is 10.6. The molecular weight excluding hydrogens is 256 g/mol. The third kappa shape index (κ3) is 2.89. The van der Waals surface area contributed by atoms with Crippen molar-refractivity contribution >= 4 is 17.7 Å². The van der Waals surface area contributed by atoms with E-state index in [-0.39, 0.29) is 5.75 Å². The van der Waals surface area contributed by atoms with Gasteiger partial charge in [-0.2, -0.15) is 4.98 Å². The number of nitrogens with zero attached hydrogens (tertiary/aromatic N) is 4. The summed E-state index contributed by atoms with van der Waals surface area (Å²) in [4.78, 5) is 18.8. The molecule has 2 aromatic rings. The van der Waals surface area contributed by atoms with E-state index in [1.807, 2.05) is 11.5 Å². The Labute approximate surface area is 107 Å². The number of thioether (sulfide) groups is 1. The molecule has 0 aromatic carbocycles. The molecule has 0 amide bonds. The van der Waals surface area contributed by atoms with Crippen molar-refractivity contribution in [3.05, 3.63) is 23.6 Å². The van der Waals surface area contributed by atoms with Crippen LogP contribution in [0, 0.1) is 13.8 Å². The largest absolute Gasteiger partial charge is 0.481 e. The molecule has 8 heteroatoms. The van der Waals surface area contributed by atoms with Crippen molar-refractivity contribution in [1.82, 2.24) is 19.7 Å². The molecule has 0 radical (unpaired) electrons. The zero-order valence-electron chi connectivity index (χ0n) is 9.95. The summed E-state index contributed by atoms with van der Waals surface area (Å²) in [5.74, 6) is 0.147. The van der Waals surface area contributed by atoms with Crippen LogP contribution in [0.3, 0.4) is 0 Å². The highest BCUT2D eigenvalue weighted by atomic mass is 32.2. The number of rotatable bonds is 5. The van der Waals surface area contributed by atoms with Crippen LogP contribution in [0.2, 0.25) is 0 Å². The SMILES string of the molecule is Cc1noc(Cn2c(C)cnc2SCC(=O)O)n1. The normalized spacial score (nSPS) is 10.8. The van der Waals surface area contributed by atoms with E-state index >= 15 is 0 Å². The van der Waals surface area contributed by atoms with Crippen LogP contribution in [-0.2, 0) is 11.3 Å². The third-order valence-electron chi connectivity index (χ3n) is 2.21. The number of aryl methyl sites for hydroxylation is 2. The second-order valence-electron chi connectivity index (χ2n) is 3.69. The van der Waals surface area contributed by atoms with Crippen molar-refractivity contribution in [2.45, 2.75) is 25.5 Å². The second kappa shape index (κ2) is 5.21. The van der Waals surface area contributed by atoms with Gasteiger partial charge in [0.15, 0.2) is 11.0 Å². The van der Waals surface area contributed by atoms with E-state index in [1.54, 1.807) is 13.1 Å². The van der Waals surface area contributed by atoms with Gasteiger partial charge < -0.3 is 14.2 Å². The summed E-state index contributed by atoms with van der Waals surface area (Å²) in [5, 5.41) is 13.0. The second-order valence-corrected chi connectivity index (χ2v) is 4.63. The number of carboxylic acid groups (broad SMARTS) is 1. The molecule has 0 saturated heterocycles. The third-order valence-corrected chi connectivity index (χ3v) is 3.18. The molecule has 0 fully saturated rings. The summed E-state index contributed by atoms with van der Waals surface area (Å²) < 4.78 is 6.89. The average molecular weight is 268 g/mol. The molecule has 0 aliphatic heterocycles. The van der Waals surface area contributed by atoms with E-state index in [4.69, 9.17) is 9.63 Å². The van der Waals surface area contributed by atoms with Crippen LogP contribution in [0.4, 0.5) is 0 Å². The molecule has 0 saturated carbocycles. The van der Waals surface area contributed by atoms with Crippen molar-refractivity contribution in [1.29, 1.82) is 0 Å². The fourth-order valence-corrected chi connectivity index (χ4v) is 2.16. The van der Waals surface area contributed by atoms with Crippen LogP contribution in [0.25, 0.3) is 0 Å². The first-order chi connectivity index (χ1) is 8.56. The lowest BCUT2D eigenvalue weighted by molar-refractivity contribution is -0.133. The van der Waals surface area contributed by atoms with Gasteiger partial charge in [-0.15, -0.1) is 0 Å².